The van der Waals surface area contributed by atoms with Gasteiger partial charge in [-0.25, -0.2) is 0 Å². The summed E-state index contributed by atoms with van der Waals surface area (Å²) in [6, 6.07) is 5.15. The Labute approximate surface area is 119 Å². The van der Waals surface area contributed by atoms with Crippen LogP contribution in [0.1, 0.15) is 44.9 Å². The van der Waals surface area contributed by atoms with Gasteiger partial charge in [0.25, 0.3) is 5.56 Å². The molecule has 1 aromatic rings. The number of likely N-dealkylation sites (N-methyl/N-ethyl adjacent to an activating group) is 1. The Morgan fingerprint density at radius 3 is 2.40 bits per heavy atom. The first kappa shape index (κ1) is 16.0. The first-order valence-corrected chi connectivity index (χ1v) is 6.87. The minimum absolute atomic E-state index is 0.0104. The van der Waals surface area contributed by atoms with Gasteiger partial charge in [0.2, 0.25) is 5.91 Å². The Bertz CT molecular complexity index is 578. The standard InChI is InChI=1S/C15H21N3O2/c1-5-17(6-2)14(19)10-18-13(11(3)4)8-7-12(9-16)15(18)20/h7-8,11H,5-6,10H2,1-4H3. The van der Waals surface area contributed by atoms with Crippen molar-refractivity contribution < 1.29 is 4.79 Å². The zero-order valence-electron chi connectivity index (χ0n) is 12.5. The van der Waals surface area contributed by atoms with E-state index in [4.69, 9.17) is 5.26 Å². The third kappa shape index (κ3) is 3.27. The number of carbonyl (C=O) groups excluding carboxylic acids is 1. The van der Waals surface area contributed by atoms with Crippen LogP contribution >= 0.6 is 0 Å². The molecule has 0 unspecified atom stereocenters. The van der Waals surface area contributed by atoms with Gasteiger partial charge in [-0.2, -0.15) is 5.26 Å². The molecule has 0 spiro atoms. The van der Waals surface area contributed by atoms with Gasteiger partial charge in [-0.1, -0.05) is 13.8 Å². The highest BCUT2D eigenvalue weighted by atomic mass is 16.2. The van der Waals surface area contributed by atoms with Gasteiger partial charge in [0, 0.05) is 18.8 Å². The van der Waals surface area contributed by atoms with E-state index in [9.17, 15) is 9.59 Å². The van der Waals surface area contributed by atoms with Crippen molar-refractivity contribution in [3.8, 4) is 6.07 Å². The van der Waals surface area contributed by atoms with Crippen molar-refractivity contribution in [1.29, 1.82) is 5.26 Å². The number of rotatable bonds is 5. The Morgan fingerprint density at radius 1 is 1.35 bits per heavy atom. The molecule has 0 saturated heterocycles. The number of pyridine rings is 1. The third-order valence-corrected chi connectivity index (χ3v) is 3.33. The highest BCUT2D eigenvalue weighted by Gasteiger charge is 2.16. The van der Waals surface area contributed by atoms with Crippen molar-refractivity contribution in [3.05, 3.63) is 33.7 Å². The largest absolute Gasteiger partial charge is 0.342 e. The van der Waals surface area contributed by atoms with Crippen molar-refractivity contribution in [3.63, 3.8) is 0 Å². The average molecular weight is 275 g/mol. The summed E-state index contributed by atoms with van der Waals surface area (Å²) in [6.07, 6.45) is 0. The predicted molar refractivity (Wildman–Crippen MR) is 77.4 cm³/mol. The first-order chi connectivity index (χ1) is 9.46. The lowest BCUT2D eigenvalue weighted by Crippen LogP contribution is -2.38. The minimum Gasteiger partial charge on any atom is -0.342 e. The number of amides is 1. The number of aromatic nitrogens is 1. The molecule has 1 amide bonds. The van der Waals surface area contributed by atoms with Gasteiger partial charge >= 0.3 is 0 Å². The topological polar surface area (TPSA) is 66.1 Å². The van der Waals surface area contributed by atoms with Crippen LogP contribution in [-0.2, 0) is 11.3 Å². The summed E-state index contributed by atoms with van der Waals surface area (Å²) in [4.78, 5) is 26.1. The maximum atomic E-state index is 12.2. The monoisotopic (exact) mass is 275 g/mol. The van der Waals surface area contributed by atoms with E-state index < -0.39 is 0 Å². The van der Waals surface area contributed by atoms with Crippen molar-refractivity contribution in [1.82, 2.24) is 9.47 Å². The third-order valence-electron chi connectivity index (χ3n) is 3.33. The van der Waals surface area contributed by atoms with E-state index in [0.717, 1.165) is 5.69 Å². The number of nitriles is 1. The van der Waals surface area contributed by atoms with Gasteiger partial charge in [-0.3, -0.25) is 9.59 Å². The van der Waals surface area contributed by atoms with Gasteiger partial charge in [0.15, 0.2) is 0 Å². The Kier molecular flexibility index (Phi) is 5.51. The van der Waals surface area contributed by atoms with Crippen LogP contribution in [0.2, 0.25) is 0 Å². The minimum atomic E-state index is -0.390. The van der Waals surface area contributed by atoms with Crippen LogP contribution in [0, 0.1) is 11.3 Å². The normalized spacial score (nSPS) is 10.4. The Balaban J connectivity index is 3.25. The molecule has 20 heavy (non-hydrogen) atoms. The van der Waals surface area contributed by atoms with Crippen LogP contribution in [0.25, 0.3) is 0 Å². The lowest BCUT2D eigenvalue weighted by Gasteiger charge is -2.21. The first-order valence-electron chi connectivity index (χ1n) is 6.87. The van der Waals surface area contributed by atoms with E-state index >= 15 is 0 Å². The molecule has 1 heterocycles. The molecular weight excluding hydrogens is 254 g/mol. The molecule has 0 aliphatic carbocycles. The lowest BCUT2D eigenvalue weighted by molar-refractivity contribution is -0.131. The van der Waals surface area contributed by atoms with Crippen LogP contribution in [-0.4, -0.2) is 28.5 Å². The summed E-state index contributed by atoms with van der Waals surface area (Å²) < 4.78 is 1.42. The second-order valence-corrected chi connectivity index (χ2v) is 4.90. The number of nitrogens with zero attached hydrogens (tertiary/aromatic N) is 3. The molecule has 0 aliphatic rings. The maximum absolute atomic E-state index is 12.2. The summed E-state index contributed by atoms with van der Waals surface area (Å²) in [7, 11) is 0. The van der Waals surface area contributed by atoms with E-state index in [2.05, 4.69) is 0 Å². The molecule has 0 aromatic carbocycles. The zero-order valence-corrected chi connectivity index (χ0v) is 12.5. The molecule has 0 radical (unpaired) electrons. The van der Waals surface area contributed by atoms with Gasteiger partial charge in [0.05, 0.1) is 0 Å². The van der Waals surface area contributed by atoms with Crippen LogP contribution in [0.15, 0.2) is 16.9 Å². The SMILES string of the molecule is CCN(CC)C(=O)Cn1c(C(C)C)ccc(C#N)c1=O. The number of carbonyl (C=O) groups is 1. The summed E-state index contributed by atoms with van der Waals surface area (Å²) in [5.74, 6) is 0.00837. The summed E-state index contributed by atoms with van der Waals surface area (Å²) >= 11 is 0. The molecule has 0 atom stereocenters. The van der Waals surface area contributed by atoms with Gasteiger partial charge in [0.1, 0.15) is 18.2 Å². The maximum Gasteiger partial charge on any atom is 0.269 e. The fourth-order valence-corrected chi connectivity index (χ4v) is 2.16. The van der Waals surface area contributed by atoms with E-state index in [1.165, 1.54) is 10.6 Å². The molecular formula is C15H21N3O2. The molecule has 1 rings (SSSR count). The van der Waals surface area contributed by atoms with Gasteiger partial charge < -0.3 is 9.47 Å². The van der Waals surface area contributed by atoms with Gasteiger partial charge in [-0.15, -0.1) is 0 Å². The van der Waals surface area contributed by atoms with Crippen LogP contribution in [0.5, 0.6) is 0 Å². The second kappa shape index (κ2) is 6.90. The van der Waals surface area contributed by atoms with E-state index in [-0.39, 0.29) is 29.5 Å². The molecule has 0 saturated carbocycles. The smallest absolute Gasteiger partial charge is 0.269 e. The highest BCUT2D eigenvalue weighted by molar-refractivity contribution is 5.76. The van der Waals surface area contributed by atoms with E-state index in [0.29, 0.717) is 13.1 Å². The fraction of sp³-hybridized carbons (Fsp3) is 0.533. The molecule has 108 valence electrons. The molecule has 0 fully saturated rings. The number of hydrogen-bond acceptors (Lipinski definition) is 3. The summed E-state index contributed by atoms with van der Waals surface area (Å²) in [5.41, 5.74) is 0.454. The molecule has 1 aromatic heterocycles. The van der Waals surface area contributed by atoms with Crippen LogP contribution in [0.3, 0.4) is 0 Å². The predicted octanol–water partition coefficient (Wildman–Crippen LogP) is 1.71. The van der Waals surface area contributed by atoms with Crippen LogP contribution < -0.4 is 5.56 Å². The van der Waals surface area contributed by atoms with Crippen LogP contribution in [0.4, 0.5) is 0 Å². The molecule has 0 N–H and O–H groups in total. The fourth-order valence-electron chi connectivity index (χ4n) is 2.16. The zero-order chi connectivity index (χ0) is 15.3. The van der Waals surface area contributed by atoms with Crippen molar-refractivity contribution in [2.45, 2.75) is 40.2 Å². The highest BCUT2D eigenvalue weighted by Crippen LogP contribution is 2.13. The van der Waals surface area contributed by atoms with Crippen molar-refractivity contribution >= 4 is 5.91 Å². The molecule has 0 bridgehead atoms. The summed E-state index contributed by atoms with van der Waals surface area (Å²) in [5, 5.41) is 8.95. The Morgan fingerprint density at radius 2 is 1.95 bits per heavy atom. The molecule has 0 aliphatic heterocycles. The second-order valence-electron chi connectivity index (χ2n) is 4.90. The van der Waals surface area contributed by atoms with Crippen molar-refractivity contribution in [2.24, 2.45) is 0 Å². The van der Waals surface area contributed by atoms with Gasteiger partial charge in [-0.05, 0) is 31.9 Å². The molecule has 5 nitrogen and oxygen atoms in total. The quantitative estimate of drug-likeness (QED) is 0.821. The molecule has 5 heteroatoms. The van der Waals surface area contributed by atoms with Crippen molar-refractivity contribution in [2.75, 3.05) is 13.1 Å². The Hall–Kier alpha value is -2.09. The van der Waals surface area contributed by atoms with E-state index in [1.54, 1.807) is 11.0 Å². The van der Waals surface area contributed by atoms with E-state index in [1.807, 2.05) is 33.8 Å². The number of hydrogen-bond donors (Lipinski definition) is 0. The lowest BCUT2D eigenvalue weighted by atomic mass is 10.1. The average Bonchev–Trinajstić information content (AvgIpc) is 2.42. The summed E-state index contributed by atoms with van der Waals surface area (Å²) in [6.45, 7) is 8.93.